The molecule has 0 aromatic rings. The van der Waals surface area contributed by atoms with Crippen LogP contribution in [0.25, 0.3) is 0 Å². The van der Waals surface area contributed by atoms with Gasteiger partial charge in [0, 0.05) is 13.0 Å². The first kappa shape index (κ1) is 13.4. The molecule has 0 aliphatic heterocycles. The summed E-state index contributed by atoms with van der Waals surface area (Å²) in [6.45, 7) is 4.93. The number of carbonyl (C=O) groups is 1. The van der Waals surface area contributed by atoms with E-state index < -0.39 is 0 Å². The van der Waals surface area contributed by atoms with Gasteiger partial charge in [0.1, 0.15) is 5.78 Å². The summed E-state index contributed by atoms with van der Waals surface area (Å²) < 4.78 is 5.13. The Morgan fingerprint density at radius 3 is 2.71 bits per heavy atom. The number of carbonyl (C=O) groups excluding carboxylic acids is 1. The van der Waals surface area contributed by atoms with E-state index in [1.54, 1.807) is 6.92 Å². The molecule has 0 spiro atoms. The number of rotatable bonds is 7. The van der Waals surface area contributed by atoms with Crippen LogP contribution >= 0.6 is 12.2 Å². The van der Waals surface area contributed by atoms with Gasteiger partial charge in [0.25, 0.3) is 5.17 Å². The van der Waals surface area contributed by atoms with Gasteiger partial charge in [-0.1, -0.05) is 19.8 Å². The fourth-order valence-electron chi connectivity index (χ4n) is 0.904. The van der Waals surface area contributed by atoms with E-state index in [0.29, 0.717) is 18.2 Å². The molecule has 1 N–H and O–H groups in total. The molecule has 0 amide bonds. The maximum atomic E-state index is 10.6. The first-order chi connectivity index (χ1) is 6.66. The van der Waals surface area contributed by atoms with Gasteiger partial charge in [-0.25, -0.2) is 0 Å². The highest BCUT2D eigenvalue weighted by molar-refractivity contribution is 7.80. The third kappa shape index (κ3) is 9.45. The quantitative estimate of drug-likeness (QED) is 0.523. The van der Waals surface area contributed by atoms with E-state index in [4.69, 9.17) is 17.0 Å². The van der Waals surface area contributed by atoms with Gasteiger partial charge in [0.05, 0.1) is 6.61 Å². The summed E-state index contributed by atoms with van der Waals surface area (Å²) in [5.74, 6) is 0.124. The molecule has 4 heteroatoms. The van der Waals surface area contributed by atoms with Crippen LogP contribution in [0, 0.1) is 0 Å². The average Bonchev–Trinajstić information content (AvgIpc) is 2.12. The molecule has 0 aliphatic carbocycles. The van der Waals surface area contributed by atoms with E-state index in [0.717, 1.165) is 13.0 Å². The summed E-state index contributed by atoms with van der Waals surface area (Å²) in [6.07, 6.45) is 3.92. The third-order valence-corrected chi connectivity index (χ3v) is 2.00. The highest BCUT2D eigenvalue weighted by atomic mass is 32.1. The van der Waals surface area contributed by atoms with Gasteiger partial charge < -0.3 is 10.1 Å². The molecule has 0 unspecified atom stereocenters. The number of Topliss-reactive ketones (excluding diaryl/α,β-unsaturated/α-hetero) is 1. The number of nitrogens with one attached hydrogen (secondary N) is 1. The predicted octanol–water partition coefficient (Wildman–Crippen LogP) is 2.05. The minimum absolute atomic E-state index is 0.124. The molecule has 0 fully saturated rings. The van der Waals surface area contributed by atoms with Gasteiger partial charge in [0.2, 0.25) is 0 Å². The molecule has 3 nitrogen and oxygen atoms in total. The highest BCUT2D eigenvalue weighted by Crippen LogP contribution is 1.92. The van der Waals surface area contributed by atoms with Crippen LogP contribution in [0.15, 0.2) is 0 Å². The molecule has 0 aromatic carbocycles. The molecular weight excluding hydrogens is 198 g/mol. The number of unbranched alkanes of at least 4 members (excludes halogenated alkanes) is 2. The first-order valence-corrected chi connectivity index (χ1v) is 5.47. The minimum Gasteiger partial charge on any atom is -0.471 e. The lowest BCUT2D eigenvalue weighted by molar-refractivity contribution is -0.117. The van der Waals surface area contributed by atoms with Crippen molar-refractivity contribution in [1.29, 1.82) is 0 Å². The summed E-state index contributed by atoms with van der Waals surface area (Å²) in [5, 5.41) is 3.39. The maximum Gasteiger partial charge on any atom is 0.256 e. The Morgan fingerprint density at radius 1 is 1.43 bits per heavy atom. The fourth-order valence-corrected chi connectivity index (χ4v) is 1.09. The number of ketones is 1. The van der Waals surface area contributed by atoms with Crippen molar-refractivity contribution in [3.63, 3.8) is 0 Å². The summed E-state index contributed by atoms with van der Waals surface area (Å²) in [4.78, 5) is 10.6. The molecular formula is C10H19NO2S. The van der Waals surface area contributed by atoms with E-state index in [2.05, 4.69) is 12.2 Å². The molecule has 0 heterocycles. The molecule has 82 valence electrons. The van der Waals surface area contributed by atoms with Crippen molar-refractivity contribution < 1.29 is 9.53 Å². The van der Waals surface area contributed by atoms with Crippen LogP contribution < -0.4 is 5.32 Å². The zero-order chi connectivity index (χ0) is 10.8. The average molecular weight is 217 g/mol. The monoisotopic (exact) mass is 217 g/mol. The minimum atomic E-state index is 0.124. The second kappa shape index (κ2) is 8.94. The predicted molar refractivity (Wildman–Crippen MR) is 61.4 cm³/mol. The molecule has 0 saturated carbocycles. The normalized spacial score (nSPS) is 9.57. The van der Waals surface area contributed by atoms with Crippen LogP contribution in [-0.2, 0) is 9.53 Å². The number of thiocarbonyl (C=S) groups is 1. The van der Waals surface area contributed by atoms with Crippen molar-refractivity contribution in [3.8, 4) is 0 Å². The zero-order valence-electron chi connectivity index (χ0n) is 8.97. The Balaban J connectivity index is 3.24. The molecule has 0 bridgehead atoms. The number of hydrogen-bond donors (Lipinski definition) is 1. The molecule has 0 rings (SSSR count). The zero-order valence-corrected chi connectivity index (χ0v) is 9.78. The second-order valence-corrected chi connectivity index (χ2v) is 3.59. The van der Waals surface area contributed by atoms with E-state index in [1.165, 1.54) is 12.8 Å². The summed E-state index contributed by atoms with van der Waals surface area (Å²) >= 11 is 4.91. The van der Waals surface area contributed by atoms with Crippen molar-refractivity contribution in [2.75, 3.05) is 13.2 Å². The van der Waals surface area contributed by atoms with Crippen molar-refractivity contribution in [3.05, 3.63) is 0 Å². The van der Waals surface area contributed by atoms with Crippen LogP contribution in [0.1, 0.15) is 39.5 Å². The van der Waals surface area contributed by atoms with E-state index >= 15 is 0 Å². The Bertz CT molecular complexity index is 183. The molecule has 0 aliphatic rings. The summed E-state index contributed by atoms with van der Waals surface area (Å²) in [7, 11) is 0. The van der Waals surface area contributed by atoms with Crippen LogP contribution in [0.4, 0.5) is 0 Å². The van der Waals surface area contributed by atoms with Crippen LogP contribution in [-0.4, -0.2) is 24.1 Å². The maximum absolute atomic E-state index is 10.6. The Hall–Kier alpha value is -0.640. The van der Waals surface area contributed by atoms with Gasteiger partial charge in [-0.15, -0.1) is 0 Å². The Kier molecular flexibility index (Phi) is 8.53. The van der Waals surface area contributed by atoms with Crippen molar-refractivity contribution in [2.24, 2.45) is 0 Å². The largest absolute Gasteiger partial charge is 0.471 e. The van der Waals surface area contributed by atoms with Crippen LogP contribution in [0.5, 0.6) is 0 Å². The van der Waals surface area contributed by atoms with Gasteiger partial charge in [-0.3, -0.25) is 4.79 Å². The van der Waals surface area contributed by atoms with Crippen molar-refractivity contribution >= 4 is 23.2 Å². The molecule has 0 atom stereocenters. The number of ether oxygens (including phenoxy) is 1. The van der Waals surface area contributed by atoms with Gasteiger partial charge in [0.15, 0.2) is 0 Å². The lowest BCUT2D eigenvalue weighted by Crippen LogP contribution is -2.25. The topological polar surface area (TPSA) is 38.3 Å². The highest BCUT2D eigenvalue weighted by Gasteiger charge is 1.97. The fraction of sp³-hybridized carbons (Fsp3) is 0.800. The van der Waals surface area contributed by atoms with Gasteiger partial charge in [-0.2, -0.15) is 0 Å². The molecule has 14 heavy (non-hydrogen) atoms. The summed E-state index contributed by atoms with van der Waals surface area (Å²) in [6, 6.07) is 0. The molecule has 0 saturated heterocycles. The smallest absolute Gasteiger partial charge is 0.256 e. The van der Waals surface area contributed by atoms with Crippen LogP contribution in [0.3, 0.4) is 0 Å². The Labute approximate surface area is 91.2 Å². The molecule has 0 aromatic heterocycles. The van der Waals surface area contributed by atoms with E-state index in [-0.39, 0.29) is 5.78 Å². The number of hydrogen-bond acceptors (Lipinski definition) is 3. The van der Waals surface area contributed by atoms with Crippen LogP contribution in [0.2, 0.25) is 0 Å². The van der Waals surface area contributed by atoms with Crippen molar-refractivity contribution in [2.45, 2.75) is 39.5 Å². The van der Waals surface area contributed by atoms with E-state index in [9.17, 15) is 4.79 Å². The lowest BCUT2D eigenvalue weighted by atomic mass is 10.2. The summed E-state index contributed by atoms with van der Waals surface area (Å²) in [5.41, 5.74) is 0. The standard InChI is InChI=1S/C10H19NO2S/c1-3-4-5-7-11-10(14)13-8-6-9(2)12/h3-8H2,1-2H3,(H,11,14). The van der Waals surface area contributed by atoms with Crippen molar-refractivity contribution in [1.82, 2.24) is 5.32 Å². The van der Waals surface area contributed by atoms with Gasteiger partial charge >= 0.3 is 0 Å². The lowest BCUT2D eigenvalue weighted by Gasteiger charge is -2.08. The van der Waals surface area contributed by atoms with Gasteiger partial charge in [-0.05, 0) is 25.6 Å². The van der Waals surface area contributed by atoms with E-state index in [1.807, 2.05) is 0 Å². The first-order valence-electron chi connectivity index (χ1n) is 5.07. The SMILES string of the molecule is CCCCCNC(=S)OCCC(C)=O. The Morgan fingerprint density at radius 2 is 2.14 bits per heavy atom. The third-order valence-electron chi connectivity index (χ3n) is 1.74. The second-order valence-electron chi connectivity index (χ2n) is 3.22. The molecule has 0 radical (unpaired) electrons.